The molecule has 128 valence electrons. The molecule has 0 atom stereocenters. The number of aromatic nitrogens is 2. The van der Waals surface area contributed by atoms with Crippen molar-refractivity contribution >= 4 is 28.9 Å². The van der Waals surface area contributed by atoms with Gasteiger partial charge in [-0.1, -0.05) is 0 Å². The van der Waals surface area contributed by atoms with Gasteiger partial charge in [-0.05, 0) is 57.0 Å². The fourth-order valence-corrected chi connectivity index (χ4v) is 3.94. The van der Waals surface area contributed by atoms with Crippen LogP contribution in [0.1, 0.15) is 41.1 Å². The molecule has 0 radical (unpaired) electrons. The number of nitrogens with one attached hydrogen (secondary N) is 1. The van der Waals surface area contributed by atoms with E-state index in [2.05, 4.69) is 38.6 Å². The van der Waals surface area contributed by atoms with Crippen LogP contribution < -0.4 is 10.2 Å². The minimum atomic E-state index is 0.0199. The topological polar surface area (TPSA) is 58.1 Å². The zero-order valence-corrected chi connectivity index (χ0v) is 15.4. The zero-order chi connectivity index (χ0) is 17.1. The molecule has 2 aromatic rings. The summed E-state index contributed by atoms with van der Waals surface area (Å²) in [6.45, 7) is 8.00. The predicted octanol–water partition coefficient (Wildman–Crippen LogP) is 3.63. The maximum Gasteiger partial charge on any atom is 0.225 e. The first-order chi connectivity index (χ1) is 11.5. The summed E-state index contributed by atoms with van der Waals surface area (Å²) in [5, 5.41) is 5.07. The molecule has 6 heteroatoms. The molecule has 5 nitrogen and oxygen atoms in total. The monoisotopic (exact) mass is 344 g/mol. The second-order valence-electron chi connectivity index (χ2n) is 6.34. The Balaban J connectivity index is 1.65. The summed E-state index contributed by atoms with van der Waals surface area (Å²) in [4.78, 5) is 25.0. The van der Waals surface area contributed by atoms with E-state index in [9.17, 15) is 4.79 Å². The molecule has 0 spiro atoms. The van der Waals surface area contributed by atoms with E-state index in [0.29, 0.717) is 6.42 Å². The molecule has 1 aliphatic heterocycles. The molecule has 0 bridgehead atoms. The minimum absolute atomic E-state index is 0.0199. The maximum absolute atomic E-state index is 12.3. The second-order valence-corrected chi connectivity index (χ2v) is 7.34. The molecule has 0 aliphatic carbocycles. The van der Waals surface area contributed by atoms with Gasteiger partial charge in [-0.2, -0.15) is 0 Å². The molecule has 2 aromatic heterocycles. The quantitative estimate of drug-likeness (QED) is 0.900. The normalized spacial score (nSPS) is 14.2. The van der Waals surface area contributed by atoms with Gasteiger partial charge >= 0.3 is 0 Å². The Hall–Kier alpha value is -1.95. The molecule has 0 unspecified atom stereocenters. The van der Waals surface area contributed by atoms with E-state index in [-0.39, 0.29) is 5.91 Å². The van der Waals surface area contributed by atoms with Gasteiger partial charge in [0.05, 0.1) is 17.1 Å². The molecule has 0 aromatic carbocycles. The lowest BCUT2D eigenvalue weighted by molar-refractivity contribution is -0.116. The number of carbonyl (C=O) groups excluding carboxylic acids is 1. The molecule has 0 saturated carbocycles. The number of nitrogens with zero attached hydrogens (tertiary/aromatic N) is 3. The summed E-state index contributed by atoms with van der Waals surface area (Å²) < 4.78 is 0. The fraction of sp³-hybridized carbons (Fsp3) is 0.500. The first-order valence-electron chi connectivity index (χ1n) is 8.47. The molecule has 3 heterocycles. The van der Waals surface area contributed by atoms with E-state index < -0.39 is 0 Å². The molecule has 24 heavy (non-hydrogen) atoms. The van der Waals surface area contributed by atoms with Crippen molar-refractivity contribution in [3.63, 3.8) is 0 Å². The summed E-state index contributed by atoms with van der Waals surface area (Å²) in [6.07, 6.45) is 3.65. The lowest BCUT2D eigenvalue weighted by Gasteiger charge is -2.18. The zero-order valence-electron chi connectivity index (χ0n) is 14.6. The molecular weight excluding hydrogens is 320 g/mol. The van der Waals surface area contributed by atoms with E-state index in [4.69, 9.17) is 0 Å². The first-order valence-corrected chi connectivity index (χ1v) is 9.35. The average molecular weight is 344 g/mol. The Bertz CT molecular complexity index is 711. The number of thiophene rings is 1. The average Bonchev–Trinajstić information content (AvgIpc) is 3.20. The summed E-state index contributed by atoms with van der Waals surface area (Å²) in [5.74, 6) is 0.807. The smallest absolute Gasteiger partial charge is 0.225 e. The number of hydrogen-bond donors (Lipinski definition) is 1. The van der Waals surface area contributed by atoms with Crippen molar-refractivity contribution in [2.24, 2.45) is 0 Å². The molecule has 1 aliphatic rings. The standard InChI is InChI=1S/C18H24N4OS/c1-12-8-11-24-15(12)6-7-16(23)21-17-13(2)19-18(20-14(17)3)22-9-4-5-10-22/h8,11H,4-7,9-10H2,1-3H3,(H,21,23). The summed E-state index contributed by atoms with van der Waals surface area (Å²) >= 11 is 1.71. The number of carbonyl (C=O) groups is 1. The van der Waals surface area contributed by atoms with Crippen LogP contribution in [0.3, 0.4) is 0 Å². The predicted molar refractivity (Wildman–Crippen MR) is 99.0 cm³/mol. The van der Waals surface area contributed by atoms with Crippen LogP contribution in [0, 0.1) is 20.8 Å². The number of hydrogen-bond acceptors (Lipinski definition) is 5. The van der Waals surface area contributed by atoms with Crippen LogP contribution in [0.5, 0.6) is 0 Å². The largest absolute Gasteiger partial charge is 0.341 e. The van der Waals surface area contributed by atoms with Crippen LogP contribution in [0.25, 0.3) is 0 Å². The van der Waals surface area contributed by atoms with E-state index >= 15 is 0 Å². The van der Waals surface area contributed by atoms with Gasteiger partial charge in [-0.3, -0.25) is 4.79 Å². The van der Waals surface area contributed by atoms with Gasteiger partial charge in [-0.25, -0.2) is 9.97 Å². The Morgan fingerprint density at radius 1 is 1.21 bits per heavy atom. The van der Waals surface area contributed by atoms with Gasteiger partial charge < -0.3 is 10.2 Å². The summed E-state index contributed by atoms with van der Waals surface area (Å²) in [5.41, 5.74) is 3.69. The summed E-state index contributed by atoms with van der Waals surface area (Å²) in [6, 6.07) is 2.09. The van der Waals surface area contributed by atoms with Gasteiger partial charge in [0.2, 0.25) is 11.9 Å². The van der Waals surface area contributed by atoms with E-state index in [0.717, 1.165) is 42.5 Å². The number of rotatable bonds is 5. The van der Waals surface area contributed by atoms with Crippen molar-refractivity contribution in [2.75, 3.05) is 23.3 Å². The molecule has 1 fully saturated rings. The minimum Gasteiger partial charge on any atom is -0.341 e. The Morgan fingerprint density at radius 3 is 2.46 bits per heavy atom. The summed E-state index contributed by atoms with van der Waals surface area (Å²) in [7, 11) is 0. The molecule has 1 N–H and O–H groups in total. The number of aryl methyl sites for hydroxylation is 4. The first kappa shape index (κ1) is 16.9. The van der Waals surface area contributed by atoms with E-state index in [1.165, 1.54) is 23.3 Å². The van der Waals surface area contributed by atoms with Crippen molar-refractivity contribution in [3.05, 3.63) is 33.3 Å². The third-order valence-electron chi connectivity index (χ3n) is 4.46. The lowest BCUT2D eigenvalue weighted by Crippen LogP contribution is -2.22. The maximum atomic E-state index is 12.3. The van der Waals surface area contributed by atoms with Crippen LogP contribution in [0.2, 0.25) is 0 Å². The van der Waals surface area contributed by atoms with Crippen LogP contribution in [0.4, 0.5) is 11.6 Å². The van der Waals surface area contributed by atoms with Gasteiger partial charge in [0.1, 0.15) is 0 Å². The highest BCUT2D eigenvalue weighted by Gasteiger charge is 2.18. The SMILES string of the molecule is Cc1ccsc1CCC(=O)Nc1c(C)nc(N2CCCC2)nc1C. The molecule has 1 saturated heterocycles. The van der Waals surface area contributed by atoms with Crippen molar-refractivity contribution in [1.29, 1.82) is 0 Å². The Kier molecular flexibility index (Phi) is 5.14. The van der Waals surface area contributed by atoms with Gasteiger partial charge in [0.15, 0.2) is 0 Å². The van der Waals surface area contributed by atoms with Crippen LogP contribution in [0.15, 0.2) is 11.4 Å². The third kappa shape index (κ3) is 3.75. The highest BCUT2D eigenvalue weighted by Crippen LogP contribution is 2.23. The lowest BCUT2D eigenvalue weighted by atomic mass is 10.2. The van der Waals surface area contributed by atoms with Crippen molar-refractivity contribution < 1.29 is 4.79 Å². The van der Waals surface area contributed by atoms with E-state index in [1.807, 2.05) is 13.8 Å². The number of anilines is 2. The Morgan fingerprint density at radius 2 is 1.88 bits per heavy atom. The van der Waals surface area contributed by atoms with Crippen molar-refractivity contribution in [1.82, 2.24) is 9.97 Å². The Labute approximate surface area is 147 Å². The third-order valence-corrected chi connectivity index (χ3v) is 5.54. The molecule has 1 amide bonds. The van der Waals surface area contributed by atoms with Gasteiger partial charge in [-0.15, -0.1) is 11.3 Å². The number of amides is 1. The fourth-order valence-electron chi connectivity index (χ4n) is 3.03. The van der Waals surface area contributed by atoms with Crippen molar-refractivity contribution in [3.8, 4) is 0 Å². The van der Waals surface area contributed by atoms with Crippen molar-refractivity contribution in [2.45, 2.75) is 46.5 Å². The van der Waals surface area contributed by atoms with Gasteiger partial charge in [0.25, 0.3) is 0 Å². The molecule has 3 rings (SSSR count). The highest BCUT2D eigenvalue weighted by atomic mass is 32.1. The van der Waals surface area contributed by atoms with Crippen LogP contribution >= 0.6 is 11.3 Å². The second kappa shape index (κ2) is 7.30. The van der Waals surface area contributed by atoms with E-state index in [1.54, 1.807) is 11.3 Å². The highest BCUT2D eigenvalue weighted by molar-refractivity contribution is 7.10. The molecular formula is C18H24N4OS. The van der Waals surface area contributed by atoms with Gasteiger partial charge in [0, 0.05) is 24.4 Å². The van der Waals surface area contributed by atoms with Crippen LogP contribution in [-0.4, -0.2) is 29.0 Å². The van der Waals surface area contributed by atoms with Crippen LogP contribution in [-0.2, 0) is 11.2 Å².